The van der Waals surface area contributed by atoms with E-state index in [4.69, 9.17) is 0 Å². The van der Waals surface area contributed by atoms with Crippen LogP contribution < -0.4 is 0 Å². The topological polar surface area (TPSA) is 0 Å². The average molecular weight is 235 g/mol. The zero-order valence-electron chi connectivity index (χ0n) is 7.49. The first-order chi connectivity index (χ1) is 4.04. The van der Waals surface area contributed by atoms with Crippen LogP contribution in [0.5, 0.6) is 0 Å². The van der Waals surface area contributed by atoms with E-state index in [-0.39, 0.29) is 0 Å². The summed E-state index contributed by atoms with van der Waals surface area (Å²) in [5.41, 5.74) is 0. The number of rotatable bonds is 3. The Labute approximate surface area is 63.9 Å². The standard InChI is InChI=1S/C4H9.C2H5.2CH3.Sn/c1-3-4-2;1-2;;;/h3H,4H2,1-2H3;1H2,2H3;2*1H3;. The van der Waals surface area contributed by atoms with Crippen LogP contribution in [0.1, 0.15) is 27.2 Å². The van der Waals surface area contributed by atoms with E-state index in [9.17, 15) is 0 Å². The Kier molecular flexibility index (Phi) is 4.19. The summed E-state index contributed by atoms with van der Waals surface area (Å²) in [5, 5.41) is 0. The summed E-state index contributed by atoms with van der Waals surface area (Å²) in [5.74, 6) is 0. The second kappa shape index (κ2) is 3.84. The van der Waals surface area contributed by atoms with Gasteiger partial charge in [-0.2, -0.15) is 0 Å². The molecule has 0 aliphatic rings. The Balaban J connectivity index is 3.80. The van der Waals surface area contributed by atoms with Crippen molar-refractivity contribution < 1.29 is 0 Å². The van der Waals surface area contributed by atoms with Crippen molar-refractivity contribution in [3.05, 3.63) is 0 Å². The molecule has 9 heavy (non-hydrogen) atoms. The van der Waals surface area contributed by atoms with Crippen LogP contribution in [0.15, 0.2) is 0 Å². The first-order valence-corrected chi connectivity index (χ1v) is 13.4. The molecular formula is C8H20Sn. The molecule has 0 bridgehead atoms. The summed E-state index contributed by atoms with van der Waals surface area (Å²) < 4.78 is 2.58. The minimum absolute atomic E-state index is 1.07. The molecule has 0 spiro atoms. The van der Waals surface area contributed by atoms with Crippen molar-refractivity contribution in [2.24, 2.45) is 0 Å². The first kappa shape index (κ1) is 9.80. The zero-order chi connectivity index (χ0) is 7.49. The fraction of sp³-hybridized carbons (Fsp3) is 1.00. The maximum absolute atomic E-state index is 2.56. The van der Waals surface area contributed by atoms with Gasteiger partial charge in [0.25, 0.3) is 0 Å². The van der Waals surface area contributed by atoms with Crippen molar-refractivity contribution >= 4 is 18.4 Å². The predicted octanol–water partition coefficient (Wildman–Crippen LogP) is 3.51. The van der Waals surface area contributed by atoms with Crippen molar-refractivity contribution in [2.45, 2.75) is 45.4 Å². The molecule has 0 aromatic rings. The third-order valence-electron chi connectivity index (χ3n) is 2.86. The van der Waals surface area contributed by atoms with Crippen LogP contribution >= 0.6 is 0 Å². The summed E-state index contributed by atoms with van der Waals surface area (Å²) in [7, 11) is 0. The zero-order valence-corrected chi connectivity index (χ0v) is 10.3. The molecule has 0 aliphatic carbocycles. The van der Waals surface area contributed by atoms with E-state index in [1.165, 1.54) is 10.9 Å². The fourth-order valence-electron chi connectivity index (χ4n) is 0.901. The van der Waals surface area contributed by atoms with Crippen molar-refractivity contribution in [3.8, 4) is 0 Å². The van der Waals surface area contributed by atoms with Crippen LogP contribution in [-0.2, 0) is 0 Å². The third kappa shape index (κ3) is 2.92. The summed E-state index contributed by atoms with van der Waals surface area (Å²) in [6.45, 7) is 7.11. The van der Waals surface area contributed by atoms with E-state index in [0.717, 1.165) is 3.93 Å². The van der Waals surface area contributed by atoms with Gasteiger partial charge in [-0.3, -0.25) is 0 Å². The van der Waals surface area contributed by atoms with Crippen LogP contribution in [0.2, 0.25) is 18.2 Å². The van der Waals surface area contributed by atoms with Gasteiger partial charge in [-0.25, -0.2) is 0 Å². The molecule has 0 radical (unpaired) electrons. The van der Waals surface area contributed by atoms with Gasteiger partial charge in [0.15, 0.2) is 0 Å². The quantitative estimate of drug-likeness (QED) is 0.656. The SMILES string of the molecule is CC[CH](C)[Sn]([CH3])([CH3])[CH2]C. The van der Waals surface area contributed by atoms with Crippen molar-refractivity contribution in [3.63, 3.8) is 0 Å². The van der Waals surface area contributed by atoms with Crippen LogP contribution in [0.3, 0.4) is 0 Å². The molecule has 0 saturated heterocycles. The molecule has 1 atom stereocenters. The van der Waals surface area contributed by atoms with Gasteiger partial charge in [0.2, 0.25) is 0 Å². The predicted molar refractivity (Wildman–Crippen MR) is 47.7 cm³/mol. The van der Waals surface area contributed by atoms with Gasteiger partial charge in [-0.1, -0.05) is 0 Å². The molecule has 0 aliphatic heterocycles. The van der Waals surface area contributed by atoms with E-state index in [1.807, 2.05) is 0 Å². The molecule has 0 N–H and O–H groups in total. The van der Waals surface area contributed by atoms with Crippen LogP contribution in [-0.4, -0.2) is 18.4 Å². The molecule has 1 heteroatoms. The molecule has 56 valence electrons. The molecule has 0 heterocycles. The van der Waals surface area contributed by atoms with Gasteiger partial charge < -0.3 is 0 Å². The number of hydrogen-bond acceptors (Lipinski definition) is 0. The molecule has 0 amide bonds. The van der Waals surface area contributed by atoms with Crippen LogP contribution in [0.25, 0.3) is 0 Å². The second-order valence-corrected chi connectivity index (χ2v) is 19.8. The molecule has 0 aromatic carbocycles. The van der Waals surface area contributed by atoms with Gasteiger partial charge >= 0.3 is 63.8 Å². The van der Waals surface area contributed by atoms with Gasteiger partial charge in [0.1, 0.15) is 0 Å². The van der Waals surface area contributed by atoms with Gasteiger partial charge in [-0.15, -0.1) is 0 Å². The van der Waals surface area contributed by atoms with Crippen LogP contribution in [0.4, 0.5) is 0 Å². The second-order valence-electron chi connectivity index (χ2n) is 3.65. The Hall–Kier alpha value is 0.799. The first-order valence-electron chi connectivity index (χ1n) is 4.04. The monoisotopic (exact) mass is 236 g/mol. The summed E-state index contributed by atoms with van der Waals surface area (Å²) in [6, 6.07) is 0. The summed E-state index contributed by atoms with van der Waals surface area (Å²) in [6.07, 6.45) is 1.40. The van der Waals surface area contributed by atoms with Crippen LogP contribution in [0, 0.1) is 0 Å². The fourth-order valence-corrected chi connectivity index (χ4v) is 6.04. The molecule has 0 rings (SSSR count). The van der Waals surface area contributed by atoms with E-state index >= 15 is 0 Å². The van der Waals surface area contributed by atoms with Crippen molar-refractivity contribution in [1.29, 1.82) is 0 Å². The maximum atomic E-state index is 2.56. The van der Waals surface area contributed by atoms with Gasteiger partial charge in [0, 0.05) is 0 Å². The molecule has 0 aromatic heterocycles. The van der Waals surface area contributed by atoms with E-state index in [0.29, 0.717) is 0 Å². The third-order valence-corrected chi connectivity index (χ3v) is 16.8. The van der Waals surface area contributed by atoms with Crippen molar-refractivity contribution in [1.82, 2.24) is 0 Å². The summed E-state index contributed by atoms with van der Waals surface area (Å²) >= 11 is -1.46. The van der Waals surface area contributed by atoms with Crippen molar-refractivity contribution in [2.75, 3.05) is 0 Å². The van der Waals surface area contributed by atoms with E-state index in [2.05, 4.69) is 30.7 Å². The van der Waals surface area contributed by atoms with E-state index in [1.54, 1.807) is 0 Å². The van der Waals surface area contributed by atoms with E-state index < -0.39 is 18.4 Å². The molecular weight excluding hydrogens is 215 g/mol. The average Bonchev–Trinajstić information content (AvgIpc) is 1.86. The Morgan fingerprint density at radius 3 is 1.78 bits per heavy atom. The van der Waals surface area contributed by atoms with Gasteiger partial charge in [0.05, 0.1) is 0 Å². The normalized spacial score (nSPS) is 15.7. The Bertz CT molecular complexity index is 76.6. The number of hydrogen-bond donors (Lipinski definition) is 0. The molecule has 0 nitrogen and oxygen atoms in total. The summed E-state index contributed by atoms with van der Waals surface area (Å²) in [4.78, 5) is 5.12. The Morgan fingerprint density at radius 1 is 1.22 bits per heavy atom. The molecule has 0 fully saturated rings. The molecule has 0 saturated carbocycles. The minimum atomic E-state index is -1.46. The Morgan fingerprint density at radius 2 is 1.67 bits per heavy atom. The van der Waals surface area contributed by atoms with Gasteiger partial charge in [-0.05, 0) is 0 Å². The molecule has 1 unspecified atom stereocenters.